The summed E-state index contributed by atoms with van der Waals surface area (Å²) in [6.45, 7) is -0.277. The number of carbonyl (C=O) groups is 1. The van der Waals surface area contributed by atoms with E-state index in [1.165, 1.54) is 18.2 Å². The van der Waals surface area contributed by atoms with Crippen LogP contribution in [-0.4, -0.2) is 57.6 Å². The molecule has 10 heteroatoms. The molecule has 1 aliphatic heterocycles. The monoisotopic (exact) mass is 327 g/mol. The van der Waals surface area contributed by atoms with Gasteiger partial charge >= 0.3 is 11.7 Å². The molecule has 1 fully saturated rings. The van der Waals surface area contributed by atoms with Crippen molar-refractivity contribution in [1.82, 2.24) is 14.3 Å². The zero-order valence-electron chi connectivity index (χ0n) is 11.2. The molecule has 0 unspecified atom stereocenters. The first kappa shape index (κ1) is 14.8. The van der Waals surface area contributed by atoms with Crippen molar-refractivity contribution in [2.24, 2.45) is 0 Å². The molecular formula is C12H13N3O6S. The first-order valence-corrected chi connectivity index (χ1v) is 7.88. The average molecular weight is 327 g/mol. The van der Waals surface area contributed by atoms with Crippen molar-refractivity contribution in [3.63, 3.8) is 0 Å². The van der Waals surface area contributed by atoms with Gasteiger partial charge in [-0.25, -0.2) is 13.2 Å². The van der Waals surface area contributed by atoms with Gasteiger partial charge in [-0.05, 0) is 18.2 Å². The standard InChI is InChI=1S/C12H13N3O6S/c16-6-3-10(11(17)18)15(5-6)22(20,21)7-1-2-8-9(4-7)14-12(19)13-8/h1-2,4,6,10,16H,3,5H2,(H,17,18)(H2,13,14,19)/t6-,10+/m1/s1. The van der Waals surface area contributed by atoms with Gasteiger partial charge < -0.3 is 20.2 Å². The van der Waals surface area contributed by atoms with Crippen molar-refractivity contribution < 1.29 is 23.4 Å². The molecule has 2 heterocycles. The summed E-state index contributed by atoms with van der Waals surface area (Å²) in [5.74, 6) is -1.31. The van der Waals surface area contributed by atoms with Gasteiger partial charge in [0.25, 0.3) is 0 Å². The minimum Gasteiger partial charge on any atom is -0.480 e. The SMILES string of the molecule is O=C(O)[C@@H]1C[C@@H](O)CN1S(=O)(=O)c1ccc2[nH]c(=O)[nH]c2c1. The van der Waals surface area contributed by atoms with Crippen LogP contribution in [0, 0.1) is 0 Å². The highest BCUT2D eigenvalue weighted by atomic mass is 32.2. The second kappa shape index (κ2) is 4.93. The Bertz CT molecular complexity index is 899. The summed E-state index contributed by atoms with van der Waals surface area (Å²) >= 11 is 0. The van der Waals surface area contributed by atoms with E-state index in [1.54, 1.807) is 0 Å². The number of fused-ring (bicyclic) bond motifs is 1. The molecule has 0 saturated carbocycles. The van der Waals surface area contributed by atoms with E-state index in [0.29, 0.717) is 11.0 Å². The van der Waals surface area contributed by atoms with E-state index >= 15 is 0 Å². The molecule has 1 aliphatic rings. The zero-order chi connectivity index (χ0) is 16.1. The van der Waals surface area contributed by atoms with E-state index in [4.69, 9.17) is 5.11 Å². The Morgan fingerprint density at radius 3 is 2.64 bits per heavy atom. The molecule has 9 nitrogen and oxygen atoms in total. The fraction of sp³-hybridized carbons (Fsp3) is 0.333. The van der Waals surface area contributed by atoms with Crippen LogP contribution in [0.4, 0.5) is 0 Å². The number of aromatic amines is 2. The number of H-pyrrole nitrogens is 2. The molecule has 118 valence electrons. The van der Waals surface area contributed by atoms with Crippen LogP contribution in [0.5, 0.6) is 0 Å². The van der Waals surface area contributed by atoms with E-state index in [1.807, 2.05) is 0 Å². The number of carboxylic acid groups (broad SMARTS) is 1. The number of rotatable bonds is 3. The van der Waals surface area contributed by atoms with E-state index in [2.05, 4.69) is 9.97 Å². The fourth-order valence-corrected chi connectivity index (χ4v) is 4.24. The van der Waals surface area contributed by atoms with Crippen molar-refractivity contribution in [2.75, 3.05) is 6.54 Å². The maximum absolute atomic E-state index is 12.6. The molecule has 4 N–H and O–H groups in total. The van der Waals surface area contributed by atoms with Crippen LogP contribution in [0.2, 0.25) is 0 Å². The highest BCUT2D eigenvalue weighted by Crippen LogP contribution is 2.27. The van der Waals surface area contributed by atoms with E-state index < -0.39 is 33.8 Å². The quantitative estimate of drug-likeness (QED) is 0.573. The molecule has 0 amide bonds. The number of nitrogens with one attached hydrogen (secondary N) is 2. The summed E-state index contributed by atoms with van der Waals surface area (Å²) in [7, 11) is -4.09. The molecule has 0 aliphatic carbocycles. The van der Waals surface area contributed by atoms with Gasteiger partial charge in [-0.2, -0.15) is 4.31 Å². The van der Waals surface area contributed by atoms with Crippen LogP contribution < -0.4 is 5.69 Å². The van der Waals surface area contributed by atoms with Gasteiger partial charge in [0.15, 0.2) is 0 Å². The Balaban J connectivity index is 2.07. The van der Waals surface area contributed by atoms with Gasteiger partial charge in [0, 0.05) is 13.0 Å². The maximum atomic E-state index is 12.6. The van der Waals surface area contributed by atoms with Crippen LogP contribution in [0.3, 0.4) is 0 Å². The van der Waals surface area contributed by atoms with Gasteiger partial charge in [0.1, 0.15) is 6.04 Å². The first-order chi connectivity index (χ1) is 10.3. The molecule has 3 rings (SSSR count). The molecular weight excluding hydrogens is 314 g/mol. The first-order valence-electron chi connectivity index (χ1n) is 6.44. The number of aliphatic hydroxyl groups is 1. The zero-order valence-corrected chi connectivity index (χ0v) is 12.0. The Morgan fingerprint density at radius 1 is 1.27 bits per heavy atom. The molecule has 2 atom stereocenters. The third-order valence-corrected chi connectivity index (χ3v) is 5.48. The van der Waals surface area contributed by atoms with Crippen LogP contribution in [-0.2, 0) is 14.8 Å². The number of sulfonamides is 1. The van der Waals surface area contributed by atoms with Crippen LogP contribution in [0.15, 0.2) is 27.9 Å². The van der Waals surface area contributed by atoms with Gasteiger partial charge in [-0.3, -0.25) is 4.79 Å². The second-order valence-electron chi connectivity index (χ2n) is 5.10. The Morgan fingerprint density at radius 2 is 1.95 bits per heavy atom. The highest BCUT2D eigenvalue weighted by Gasteiger charge is 2.43. The maximum Gasteiger partial charge on any atom is 0.323 e. The Kier molecular flexibility index (Phi) is 3.31. The normalized spacial score (nSPS) is 23.1. The largest absolute Gasteiger partial charge is 0.480 e. The number of aliphatic carboxylic acids is 1. The molecule has 1 saturated heterocycles. The lowest BCUT2D eigenvalue weighted by molar-refractivity contribution is -0.140. The van der Waals surface area contributed by atoms with E-state index in [0.717, 1.165) is 4.31 Å². The lowest BCUT2D eigenvalue weighted by atomic mass is 10.2. The lowest BCUT2D eigenvalue weighted by Gasteiger charge is -2.20. The van der Waals surface area contributed by atoms with Gasteiger partial charge in [0.05, 0.1) is 22.0 Å². The second-order valence-corrected chi connectivity index (χ2v) is 7.00. The fourth-order valence-electron chi connectivity index (χ4n) is 2.58. The van der Waals surface area contributed by atoms with Gasteiger partial charge in [0.2, 0.25) is 10.0 Å². The topological polar surface area (TPSA) is 144 Å². The Labute approximate surface area is 124 Å². The van der Waals surface area contributed by atoms with E-state index in [-0.39, 0.29) is 17.9 Å². The van der Waals surface area contributed by atoms with Crippen molar-refractivity contribution in [1.29, 1.82) is 0 Å². The number of benzene rings is 1. The number of aliphatic hydroxyl groups excluding tert-OH is 1. The van der Waals surface area contributed by atoms with E-state index in [9.17, 15) is 23.1 Å². The summed E-state index contributed by atoms with van der Waals surface area (Å²) < 4.78 is 26.0. The minimum absolute atomic E-state index is 0.143. The molecule has 1 aromatic heterocycles. The number of imidazole rings is 1. The molecule has 0 bridgehead atoms. The lowest BCUT2D eigenvalue weighted by Crippen LogP contribution is -2.40. The third kappa shape index (κ3) is 2.30. The van der Waals surface area contributed by atoms with Crippen molar-refractivity contribution >= 4 is 27.0 Å². The average Bonchev–Trinajstić information content (AvgIpc) is 2.99. The van der Waals surface area contributed by atoms with Crippen LogP contribution >= 0.6 is 0 Å². The third-order valence-electron chi connectivity index (χ3n) is 3.61. The van der Waals surface area contributed by atoms with Gasteiger partial charge in [-0.15, -0.1) is 0 Å². The number of carboxylic acids is 1. The highest BCUT2D eigenvalue weighted by molar-refractivity contribution is 7.89. The van der Waals surface area contributed by atoms with Gasteiger partial charge in [-0.1, -0.05) is 0 Å². The smallest absolute Gasteiger partial charge is 0.323 e. The minimum atomic E-state index is -4.09. The molecule has 22 heavy (non-hydrogen) atoms. The Hall–Kier alpha value is -2.17. The number of nitrogens with zero attached hydrogens (tertiary/aromatic N) is 1. The van der Waals surface area contributed by atoms with Crippen LogP contribution in [0.1, 0.15) is 6.42 Å². The summed E-state index contributed by atoms with van der Waals surface area (Å²) in [4.78, 5) is 27.2. The molecule has 0 radical (unpaired) electrons. The number of hydrogen-bond donors (Lipinski definition) is 4. The predicted octanol–water partition coefficient (Wildman–Crippen LogP) is -0.935. The number of aromatic nitrogens is 2. The number of β-amino-alcohol motifs (C(OH)–C–C–N with tert-alkyl or cyclic N) is 1. The van der Waals surface area contributed by atoms with Crippen LogP contribution in [0.25, 0.3) is 11.0 Å². The number of hydrogen-bond acceptors (Lipinski definition) is 5. The molecule has 0 spiro atoms. The summed E-state index contributed by atoms with van der Waals surface area (Å²) in [5, 5.41) is 18.7. The predicted molar refractivity (Wildman–Crippen MR) is 74.9 cm³/mol. The van der Waals surface area contributed by atoms with Crippen molar-refractivity contribution in [3.05, 3.63) is 28.7 Å². The summed E-state index contributed by atoms with van der Waals surface area (Å²) in [6, 6.07) is 2.65. The molecule has 1 aromatic carbocycles. The van der Waals surface area contributed by atoms with Crippen molar-refractivity contribution in [3.8, 4) is 0 Å². The summed E-state index contributed by atoms with van der Waals surface area (Å²) in [6.07, 6.45) is -1.18. The summed E-state index contributed by atoms with van der Waals surface area (Å²) in [5.41, 5.74) is 0.280. The molecule has 2 aromatic rings. The van der Waals surface area contributed by atoms with Crippen molar-refractivity contribution in [2.45, 2.75) is 23.5 Å².